The summed E-state index contributed by atoms with van der Waals surface area (Å²) in [5.74, 6) is -2.53. The van der Waals surface area contributed by atoms with Crippen molar-refractivity contribution in [1.29, 1.82) is 0 Å². The Kier molecular flexibility index (Phi) is 2.66. The molecule has 0 saturated carbocycles. The van der Waals surface area contributed by atoms with Gasteiger partial charge in [-0.15, -0.1) is 0 Å². The van der Waals surface area contributed by atoms with Gasteiger partial charge in [-0.1, -0.05) is 0 Å². The Hall–Kier alpha value is -2.22. The molecule has 94 valence electrons. The molecule has 1 aliphatic heterocycles. The second-order valence-electron chi connectivity index (χ2n) is 3.64. The molecular formula is C10H7NO6S. The van der Waals surface area contributed by atoms with E-state index in [1.807, 2.05) is 0 Å². The highest BCUT2D eigenvalue weighted by Gasteiger charge is 2.30. The number of rotatable bonds is 2. The number of hydrogen-bond donors (Lipinski definition) is 1. The predicted octanol–water partition coefficient (Wildman–Crippen LogP) is -0.313. The van der Waals surface area contributed by atoms with Crippen molar-refractivity contribution in [2.24, 2.45) is 0 Å². The summed E-state index contributed by atoms with van der Waals surface area (Å²) >= 11 is 0. The molecule has 1 N–H and O–H groups in total. The first-order valence-corrected chi connectivity index (χ1v) is 6.60. The van der Waals surface area contributed by atoms with Crippen LogP contribution in [0.1, 0.15) is 31.1 Å². The summed E-state index contributed by atoms with van der Waals surface area (Å²) in [5, 5.41) is 0. The topological polar surface area (TPSA) is 107 Å². The minimum Gasteiger partial charge on any atom is -0.386 e. The van der Waals surface area contributed by atoms with Gasteiger partial charge in [-0.25, -0.2) is 22.7 Å². The first-order valence-electron chi connectivity index (χ1n) is 4.70. The first kappa shape index (κ1) is 12.2. The molecule has 1 heterocycles. The van der Waals surface area contributed by atoms with Crippen molar-refractivity contribution in [1.82, 2.24) is 4.72 Å². The zero-order valence-corrected chi connectivity index (χ0v) is 9.91. The molecule has 1 aromatic rings. The lowest BCUT2D eigenvalue weighted by Crippen LogP contribution is -2.29. The Morgan fingerprint density at radius 2 is 1.78 bits per heavy atom. The van der Waals surface area contributed by atoms with E-state index in [1.54, 1.807) is 4.72 Å². The molecule has 0 saturated heterocycles. The number of hydrogen-bond acceptors (Lipinski definition) is 6. The molecule has 1 aromatic carbocycles. The van der Waals surface area contributed by atoms with Crippen LogP contribution in [0.5, 0.6) is 0 Å². The minimum atomic E-state index is -3.69. The zero-order chi connectivity index (χ0) is 13.5. The number of cyclic esters (lactones) is 2. The molecule has 1 aliphatic rings. The Morgan fingerprint density at radius 3 is 2.39 bits per heavy atom. The van der Waals surface area contributed by atoms with Crippen molar-refractivity contribution in [2.75, 3.05) is 6.26 Å². The summed E-state index contributed by atoms with van der Waals surface area (Å²) in [7, 11) is -3.69. The molecule has 1 amide bonds. The predicted molar refractivity (Wildman–Crippen MR) is 58.5 cm³/mol. The van der Waals surface area contributed by atoms with Gasteiger partial charge in [0, 0.05) is 5.56 Å². The van der Waals surface area contributed by atoms with Gasteiger partial charge in [-0.3, -0.25) is 4.79 Å². The lowest BCUT2D eigenvalue weighted by molar-refractivity contribution is 0.0443. The molecule has 0 bridgehead atoms. The highest BCUT2D eigenvalue weighted by molar-refractivity contribution is 7.89. The van der Waals surface area contributed by atoms with Crippen LogP contribution in [-0.4, -0.2) is 32.5 Å². The molecule has 8 heteroatoms. The molecule has 0 aliphatic carbocycles. The lowest BCUT2D eigenvalue weighted by Gasteiger charge is -2.02. The number of amides is 1. The monoisotopic (exact) mass is 269 g/mol. The van der Waals surface area contributed by atoms with Gasteiger partial charge >= 0.3 is 11.9 Å². The number of esters is 2. The summed E-state index contributed by atoms with van der Waals surface area (Å²) in [5.41, 5.74) is -0.0529. The van der Waals surface area contributed by atoms with Crippen LogP contribution in [0.3, 0.4) is 0 Å². The second kappa shape index (κ2) is 3.91. The van der Waals surface area contributed by atoms with Crippen LogP contribution in [0.25, 0.3) is 0 Å². The smallest absolute Gasteiger partial charge is 0.346 e. The zero-order valence-electron chi connectivity index (χ0n) is 9.09. The first-order chi connectivity index (χ1) is 8.28. The van der Waals surface area contributed by atoms with Crippen LogP contribution in [0, 0.1) is 0 Å². The molecule has 0 unspecified atom stereocenters. The summed E-state index contributed by atoms with van der Waals surface area (Å²) in [6, 6.07) is 3.59. The fourth-order valence-corrected chi connectivity index (χ4v) is 1.91. The average molecular weight is 269 g/mol. The van der Waals surface area contributed by atoms with Gasteiger partial charge in [0.2, 0.25) is 10.0 Å². The van der Waals surface area contributed by atoms with Crippen molar-refractivity contribution in [3.05, 3.63) is 34.9 Å². The van der Waals surface area contributed by atoms with Crippen molar-refractivity contribution < 1.29 is 27.5 Å². The lowest BCUT2D eigenvalue weighted by atomic mass is 10.1. The van der Waals surface area contributed by atoms with Crippen LogP contribution >= 0.6 is 0 Å². The number of ether oxygens (including phenoxy) is 1. The van der Waals surface area contributed by atoms with Gasteiger partial charge in [-0.05, 0) is 18.2 Å². The van der Waals surface area contributed by atoms with E-state index < -0.39 is 27.9 Å². The molecule has 0 atom stereocenters. The Labute approximate surface area is 102 Å². The summed E-state index contributed by atoms with van der Waals surface area (Å²) in [4.78, 5) is 33.9. The maximum absolute atomic E-state index is 11.5. The molecule has 2 rings (SSSR count). The normalized spacial score (nSPS) is 14.1. The van der Waals surface area contributed by atoms with Crippen LogP contribution in [0.4, 0.5) is 0 Å². The molecule has 18 heavy (non-hydrogen) atoms. The highest BCUT2D eigenvalue weighted by atomic mass is 32.2. The fourth-order valence-electron chi connectivity index (χ4n) is 1.45. The Balaban J connectivity index is 2.39. The fraction of sp³-hybridized carbons (Fsp3) is 0.100. The van der Waals surface area contributed by atoms with Crippen molar-refractivity contribution in [3.8, 4) is 0 Å². The summed E-state index contributed by atoms with van der Waals surface area (Å²) < 4.78 is 27.9. The van der Waals surface area contributed by atoms with Gasteiger partial charge in [-0.2, -0.15) is 0 Å². The third kappa shape index (κ3) is 2.23. The van der Waals surface area contributed by atoms with E-state index in [-0.39, 0.29) is 16.7 Å². The van der Waals surface area contributed by atoms with E-state index >= 15 is 0 Å². The molecule has 7 nitrogen and oxygen atoms in total. The highest BCUT2D eigenvalue weighted by Crippen LogP contribution is 2.21. The summed E-state index contributed by atoms with van der Waals surface area (Å²) in [6.07, 6.45) is 0.829. The van der Waals surface area contributed by atoms with Crippen LogP contribution in [0.15, 0.2) is 18.2 Å². The number of carbonyl (C=O) groups excluding carboxylic acids is 3. The average Bonchev–Trinajstić information content (AvgIpc) is 2.52. The third-order valence-electron chi connectivity index (χ3n) is 2.19. The van der Waals surface area contributed by atoms with Crippen LogP contribution in [0.2, 0.25) is 0 Å². The largest absolute Gasteiger partial charge is 0.386 e. The van der Waals surface area contributed by atoms with Crippen molar-refractivity contribution in [2.45, 2.75) is 0 Å². The van der Waals surface area contributed by atoms with E-state index in [9.17, 15) is 22.8 Å². The van der Waals surface area contributed by atoms with Crippen LogP contribution < -0.4 is 4.72 Å². The molecule has 0 fully saturated rings. The Bertz CT molecular complexity index is 676. The standard InChI is InChI=1S/C10H7NO6S/c1-18(15,16)11-8(12)5-2-3-6-7(4-5)10(14)17-9(6)13/h2-4H,1H3,(H,11,12). The SMILES string of the molecule is CS(=O)(=O)NC(=O)c1ccc2c(c1)C(=O)OC2=O. The number of nitrogens with one attached hydrogen (secondary N) is 1. The van der Waals surface area contributed by atoms with Crippen molar-refractivity contribution in [3.63, 3.8) is 0 Å². The van der Waals surface area contributed by atoms with Gasteiger partial charge in [0.25, 0.3) is 5.91 Å². The van der Waals surface area contributed by atoms with E-state index in [1.165, 1.54) is 12.1 Å². The number of benzene rings is 1. The quantitative estimate of drug-likeness (QED) is 0.583. The maximum Gasteiger partial charge on any atom is 0.346 e. The number of carbonyl (C=O) groups is 3. The van der Waals surface area contributed by atoms with Crippen LogP contribution in [-0.2, 0) is 14.8 Å². The van der Waals surface area contributed by atoms with Gasteiger partial charge in [0.15, 0.2) is 0 Å². The van der Waals surface area contributed by atoms with E-state index in [0.717, 1.165) is 12.3 Å². The second-order valence-corrected chi connectivity index (χ2v) is 5.39. The number of fused-ring (bicyclic) bond motifs is 1. The van der Waals surface area contributed by atoms with E-state index in [2.05, 4.69) is 4.74 Å². The molecule has 0 aromatic heterocycles. The molecule has 0 spiro atoms. The number of sulfonamides is 1. The third-order valence-corrected chi connectivity index (χ3v) is 2.74. The Morgan fingerprint density at radius 1 is 1.17 bits per heavy atom. The van der Waals surface area contributed by atoms with Gasteiger partial charge in [0.05, 0.1) is 17.4 Å². The summed E-state index contributed by atoms with van der Waals surface area (Å²) in [6.45, 7) is 0. The molecular weight excluding hydrogens is 262 g/mol. The van der Waals surface area contributed by atoms with E-state index in [4.69, 9.17) is 0 Å². The van der Waals surface area contributed by atoms with Gasteiger partial charge < -0.3 is 4.74 Å². The maximum atomic E-state index is 11.5. The van der Waals surface area contributed by atoms with E-state index in [0.29, 0.717) is 0 Å². The molecule has 0 radical (unpaired) electrons. The van der Waals surface area contributed by atoms with Crippen molar-refractivity contribution >= 4 is 27.9 Å². The van der Waals surface area contributed by atoms with Gasteiger partial charge in [0.1, 0.15) is 0 Å². The minimum absolute atomic E-state index is 0.0502.